The third-order valence-electron chi connectivity index (χ3n) is 4.56. The van der Waals surface area contributed by atoms with Crippen molar-refractivity contribution in [3.8, 4) is 0 Å². The highest BCUT2D eigenvalue weighted by atomic mass is 32.2. The molecule has 3 heterocycles. The van der Waals surface area contributed by atoms with Crippen LogP contribution >= 0.6 is 0 Å². The Morgan fingerprint density at radius 1 is 1.12 bits per heavy atom. The van der Waals surface area contributed by atoms with Gasteiger partial charge in [-0.15, -0.1) is 0 Å². The highest BCUT2D eigenvalue weighted by molar-refractivity contribution is 7.88. The molecule has 2 saturated heterocycles. The summed E-state index contributed by atoms with van der Waals surface area (Å²) in [6.07, 6.45) is 5.22. The predicted molar refractivity (Wildman–Crippen MR) is 92.7 cm³/mol. The van der Waals surface area contributed by atoms with Crippen molar-refractivity contribution in [2.75, 3.05) is 55.3 Å². The molecule has 0 radical (unpaired) electrons. The maximum absolute atomic E-state index is 11.7. The van der Waals surface area contributed by atoms with Gasteiger partial charge in [0.2, 0.25) is 16.0 Å². The first-order chi connectivity index (χ1) is 11.4. The third kappa shape index (κ3) is 4.14. The van der Waals surface area contributed by atoms with Crippen molar-refractivity contribution in [3.05, 3.63) is 12.3 Å². The van der Waals surface area contributed by atoms with Crippen LogP contribution in [0.15, 0.2) is 12.3 Å². The Kier molecular flexibility index (Phi) is 5.21. The lowest BCUT2D eigenvalue weighted by Gasteiger charge is -2.31. The number of aliphatic hydroxyl groups is 1. The lowest BCUT2D eigenvalue weighted by Crippen LogP contribution is -2.39. The molecule has 2 aliphatic heterocycles. The van der Waals surface area contributed by atoms with E-state index < -0.39 is 10.0 Å². The van der Waals surface area contributed by atoms with Crippen molar-refractivity contribution in [1.82, 2.24) is 14.3 Å². The first-order valence-corrected chi connectivity index (χ1v) is 10.2. The van der Waals surface area contributed by atoms with E-state index in [1.54, 1.807) is 6.20 Å². The Bertz CT molecular complexity index is 669. The number of hydrogen-bond donors (Lipinski definition) is 1. The molecule has 0 bridgehead atoms. The van der Waals surface area contributed by atoms with Crippen LogP contribution in [0.1, 0.15) is 19.3 Å². The molecule has 2 aliphatic rings. The smallest absolute Gasteiger partial charge is 0.227 e. The van der Waals surface area contributed by atoms with Gasteiger partial charge in [-0.05, 0) is 25.3 Å². The summed E-state index contributed by atoms with van der Waals surface area (Å²) in [6.45, 7) is 3.78. The van der Waals surface area contributed by atoms with Crippen molar-refractivity contribution in [2.24, 2.45) is 0 Å². The molecule has 0 unspecified atom stereocenters. The van der Waals surface area contributed by atoms with E-state index in [9.17, 15) is 13.5 Å². The van der Waals surface area contributed by atoms with E-state index in [2.05, 4.69) is 14.9 Å². The van der Waals surface area contributed by atoms with Gasteiger partial charge in [0.1, 0.15) is 5.82 Å². The number of nitrogens with zero attached hydrogens (tertiary/aromatic N) is 5. The largest absolute Gasteiger partial charge is 0.391 e. The zero-order valence-corrected chi connectivity index (χ0v) is 14.8. The van der Waals surface area contributed by atoms with Gasteiger partial charge in [-0.2, -0.15) is 4.98 Å². The van der Waals surface area contributed by atoms with Crippen LogP contribution in [0.2, 0.25) is 0 Å². The third-order valence-corrected chi connectivity index (χ3v) is 5.86. The molecule has 134 valence electrons. The van der Waals surface area contributed by atoms with Crippen LogP contribution in [0.5, 0.6) is 0 Å². The van der Waals surface area contributed by atoms with E-state index in [4.69, 9.17) is 0 Å². The number of aromatic nitrogens is 2. The molecule has 9 heteroatoms. The Morgan fingerprint density at radius 3 is 2.67 bits per heavy atom. The molecule has 2 fully saturated rings. The normalized spacial score (nSPS) is 24.0. The Hall–Kier alpha value is -1.45. The lowest BCUT2D eigenvalue weighted by atomic mass is 10.1. The number of piperidine rings is 1. The Morgan fingerprint density at radius 2 is 1.92 bits per heavy atom. The summed E-state index contributed by atoms with van der Waals surface area (Å²) in [7, 11) is -3.16. The molecule has 1 atom stereocenters. The Labute approximate surface area is 143 Å². The van der Waals surface area contributed by atoms with Crippen molar-refractivity contribution < 1.29 is 13.5 Å². The minimum absolute atomic E-state index is 0.307. The van der Waals surface area contributed by atoms with Crippen LogP contribution < -0.4 is 9.80 Å². The van der Waals surface area contributed by atoms with Gasteiger partial charge in [-0.3, -0.25) is 0 Å². The lowest BCUT2D eigenvalue weighted by molar-refractivity contribution is 0.154. The van der Waals surface area contributed by atoms with Crippen molar-refractivity contribution in [3.63, 3.8) is 0 Å². The molecule has 1 aromatic rings. The van der Waals surface area contributed by atoms with Crippen LogP contribution in [0.4, 0.5) is 11.8 Å². The highest BCUT2D eigenvalue weighted by Crippen LogP contribution is 2.20. The second-order valence-corrected chi connectivity index (χ2v) is 8.44. The predicted octanol–water partition coefficient (Wildman–Crippen LogP) is -0.0906. The Balaban J connectivity index is 1.72. The summed E-state index contributed by atoms with van der Waals surface area (Å²) in [5.74, 6) is 1.45. The standard InChI is InChI=1S/C15H25N5O3S/c1-24(22,23)20-9-3-8-18(10-11-20)15-16-6-5-14(17-15)19-7-2-4-13(21)12-19/h5-6,13,21H,2-4,7-12H2,1H3/t13-/m1/s1. The minimum Gasteiger partial charge on any atom is -0.391 e. The van der Waals surface area contributed by atoms with Crippen LogP contribution in [0.25, 0.3) is 0 Å². The molecule has 24 heavy (non-hydrogen) atoms. The first kappa shape index (κ1) is 17.4. The fourth-order valence-corrected chi connectivity index (χ4v) is 4.13. The number of β-amino-alcohol motifs (C(OH)–C–C–N with tert-alkyl or cyclic N) is 1. The molecule has 0 aromatic carbocycles. The maximum atomic E-state index is 11.7. The van der Waals surface area contributed by atoms with E-state index in [1.807, 2.05) is 11.0 Å². The van der Waals surface area contributed by atoms with Gasteiger partial charge in [-0.25, -0.2) is 17.7 Å². The number of sulfonamides is 1. The number of hydrogen-bond acceptors (Lipinski definition) is 7. The fourth-order valence-electron chi connectivity index (χ4n) is 3.26. The topological polar surface area (TPSA) is 89.9 Å². The van der Waals surface area contributed by atoms with Gasteiger partial charge < -0.3 is 14.9 Å². The van der Waals surface area contributed by atoms with Gasteiger partial charge in [0, 0.05) is 45.5 Å². The van der Waals surface area contributed by atoms with Crippen LogP contribution in [0, 0.1) is 0 Å². The highest BCUT2D eigenvalue weighted by Gasteiger charge is 2.24. The molecular formula is C15H25N5O3S. The van der Waals surface area contributed by atoms with Crippen LogP contribution in [-0.2, 0) is 10.0 Å². The van der Waals surface area contributed by atoms with E-state index in [1.165, 1.54) is 10.6 Å². The summed E-state index contributed by atoms with van der Waals surface area (Å²) in [5.41, 5.74) is 0. The summed E-state index contributed by atoms with van der Waals surface area (Å²) in [6, 6.07) is 1.86. The van der Waals surface area contributed by atoms with Crippen LogP contribution in [-0.4, -0.2) is 79.4 Å². The minimum atomic E-state index is -3.16. The second-order valence-electron chi connectivity index (χ2n) is 6.46. The molecule has 1 N–H and O–H groups in total. The van der Waals surface area contributed by atoms with Crippen LogP contribution in [0.3, 0.4) is 0 Å². The SMILES string of the molecule is CS(=O)(=O)N1CCCN(c2nccc(N3CCC[C@@H](O)C3)n2)CC1. The monoisotopic (exact) mass is 355 g/mol. The van der Waals surface area contributed by atoms with E-state index in [0.29, 0.717) is 32.1 Å². The zero-order chi connectivity index (χ0) is 17.2. The van der Waals surface area contributed by atoms with E-state index in [0.717, 1.165) is 38.2 Å². The van der Waals surface area contributed by atoms with Gasteiger partial charge in [0.25, 0.3) is 0 Å². The fraction of sp³-hybridized carbons (Fsp3) is 0.733. The first-order valence-electron chi connectivity index (χ1n) is 8.39. The molecule has 3 rings (SSSR count). The zero-order valence-electron chi connectivity index (χ0n) is 14.0. The van der Waals surface area contributed by atoms with Gasteiger partial charge in [0.15, 0.2) is 0 Å². The number of anilines is 2. The summed E-state index contributed by atoms with van der Waals surface area (Å²) < 4.78 is 25.0. The molecule has 0 spiro atoms. The molecule has 8 nitrogen and oxygen atoms in total. The molecule has 0 aliphatic carbocycles. The van der Waals surface area contributed by atoms with E-state index in [-0.39, 0.29) is 6.10 Å². The maximum Gasteiger partial charge on any atom is 0.227 e. The van der Waals surface area contributed by atoms with Gasteiger partial charge >= 0.3 is 0 Å². The summed E-state index contributed by atoms with van der Waals surface area (Å²) in [4.78, 5) is 13.1. The molecule has 0 amide bonds. The average Bonchev–Trinajstić information content (AvgIpc) is 2.81. The number of aliphatic hydroxyl groups excluding tert-OH is 1. The number of rotatable bonds is 3. The van der Waals surface area contributed by atoms with Crippen molar-refractivity contribution >= 4 is 21.8 Å². The van der Waals surface area contributed by atoms with E-state index >= 15 is 0 Å². The molecule has 0 saturated carbocycles. The molecular weight excluding hydrogens is 330 g/mol. The quantitative estimate of drug-likeness (QED) is 0.810. The second kappa shape index (κ2) is 7.20. The molecule has 1 aromatic heterocycles. The average molecular weight is 355 g/mol. The van der Waals surface area contributed by atoms with Gasteiger partial charge in [-0.1, -0.05) is 0 Å². The van der Waals surface area contributed by atoms with Crippen molar-refractivity contribution in [1.29, 1.82) is 0 Å². The summed E-state index contributed by atoms with van der Waals surface area (Å²) in [5, 5.41) is 9.84. The van der Waals surface area contributed by atoms with Gasteiger partial charge in [0.05, 0.1) is 12.4 Å². The summed E-state index contributed by atoms with van der Waals surface area (Å²) >= 11 is 0. The van der Waals surface area contributed by atoms with Crippen molar-refractivity contribution in [2.45, 2.75) is 25.4 Å².